The van der Waals surface area contributed by atoms with Crippen molar-refractivity contribution in [3.8, 4) is 6.07 Å². The van der Waals surface area contributed by atoms with Gasteiger partial charge in [0.1, 0.15) is 22.9 Å². The lowest BCUT2D eigenvalue weighted by molar-refractivity contribution is 0.00445. The Morgan fingerprint density at radius 2 is 2.07 bits per heavy atom. The molecule has 0 radical (unpaired) electrons. The Hall–Kier alpha value is -2.50. The minimum Gasteiger partial charge on any atom is -0.396 e. The fourth-order valence-corrected chi connectivity index (χ4v) is 3.60. The first-order chi connectivity index (χ1) is 13.4. The molecule has 0 saturated heterocycles. The van der Waals surface area contributed by atoms with E-state index in [4.69, 9.17) is 16.9 Å². The van der Waals surface area contributed by atoms with Gasteiger partial charge in [-0.1, -0.05) is 29.8 Å². The molecule has 4 atom stereocenters. The van der Waals surface area contributed by atoms with Crippen LogP contribution in [-0.4, -0.2) is 50.1 Å². The SMILES string of the molecule is Cc1nc(Cl)c(/C=C/c2cccc(C#N)c2)c(N[C@@H]2C[C@H](CO)[C@@H](O)[C@H]2O)n1. The van der Waals surface area contributed by atoms with Gasteiger partial charge in [0.2, 0.25) is 0 Å². The van der Waals surface area contributed by atoms with Crippen LogP contribution < -0.4 is 5.32 Å². The molecule has 0 unspecified atom stereocenters. The van der Waals surface area contributed by atoms with Gasteiger partial charge >= 0.3 is 0 Å². The van der Waals surface area contributed by atoms with Crippen molar-refractivity contribution in [3.05, 3.63) is 51.9 Å². The number of aliphatic hydroxyl groups is 3. The van der Waals surface area contributed by atoms with E-state index in [0.29, 0.717) is 29.2 Å². The summed E-state index contributed by atoms with van der Waals surface area (Å²) < 4.78 is 0. The van der Waals surface area contributed by atoms with Gasteiger partial charge in [0.05, 0.1) is 29.3 Å². The molecular weight excluding hydrogens is 380 g/mol. The maximum Gasteiger partial charge on any atom is 0.142 e. The van der Waals surface area contributed by atoms with Crippen LogP contribution in [0.4, 0.5) is 5.82 Å². The molecule has 0 amide bonds. The second-order valence-corrected chi connectivity index (χ2v) is 7.16. The molecule has 1 saturated carbocycles. The first-order valence-electron chi connectivity index (χ1n) is 8.89. The van der Waals surface area contributed by atoms with Crippen LogP contribution in [0.15, 0.2) is 24.3 Å². The van der Waals surface area contributed by atoms with Crippen LogP contribution in [0.1, 0.15) is 28.9 Å². The molecule has 2 aromatic rings. The Balaban J connectivity index is 1.90. The summed E-state index contributed by atoms with van der Waals surface area (Å²) in [4.78, 5) is 8.57. The Morgan fingerprint density at radius 1 is 1.29 bits per heavy atom. The molecule has 8 heteroatoms. The second kappa shape index (κ2) is 8.67. The van der Waals surface area contributed by atoms with Gasteiger partial charge in [0, 0.05) is 12.5 Å². The molecule has 3 rings (SSSR count). The number of anilines is 1. The molecule has 4 N–H and O–H groups in total. The highest BCUT2D eigenvalue weighted by molar-refractivity contribution is 6.31. The van der Waals surface area contributed by atoms with Crippen molar-refractivity contribution in [2.45, 2.75) is 31.6 Å². The van der Waals surface area contributed by atoms with Crippen LogP contribution in [0.25, 0.3) is 12.2 Å². The number of nitriles is 1. The van der Waals surface area contributed by atoms with Crippen molar-refractivity contribution >= 4 is 29.6 Å². The zero-order valence-corrected chi connectivity index (χ0v) is 16.0. The molecule has 28 heavy (non-hydrogen) atoms. The van der Waals surface area contributed by atoms with Crippen LogP contribution in [-0.2, 0) is 0 Å². The van der Waals surface area contributed by atoms with E-state index in [0.717, 1.165) is 5.56 Å². The first-order valence-corrected chi connectivity index (χ1v) is 9.26. The lowest BCUT2D eigenvalue weighted by atomic mass is 10.1. The van der Waals surface area contributed by atoms with E-state index < -0.39 is 24.2 Å². The normalized spacial score (nSPS) is 24.4. The van der Waals surface area contributed by atoms with Crippen LogP contribution in [0.3, 0.4) is 0 Å². The molecule has 146 valence electrons. The van der Waals surface area contributed by atoms with E-state index in [1.54, 1.807) is 37.3 Å². The van der Waals surface area contributed by atoms with Crippen LogP contribution >= 0.6 is 11.6 Å². The number of nitrogens with zero attached hydrogens (tertiary/aromatic N) is 3. The summed E-state index contributed by atoms with van der Waals surface area (Å²) in [6, 6.07) is 8.72. The number of aromatic nitrogens is 2. The topological polar surface area (TPSA) is 122 Å². The van der Waals surface area contributed by atoms with Gasteiger partial charge in [-0.25, -0.2) is 9.97 Å². The molecule has 0 spiro atoms. The Kier molecular flexibility index (Phi) is 6.27. The van der Waals surface area contributed by atoms with Gasteiger partial charge in [-0.15, -0.1) is 0 Å². The van der Waals surface area contributed by atoms with Crippen molar-refractivity contribution in [3.63, 3.8) is 0 Å². The smallest absolute Gasteiger partial charge is 0.142 e. The summed E-state index contributed by atoms with van der Waals surface area (Å²) in [5.41, 5.74) is 1.90. The molecular formula is C20H21ClN4O3. The van der Waals surface area contributed by atoms with Crippen LogP contribution in [0.2, 0.25) is 5.15 Å². The fraction of sp³-hybridized carbons (Fsp3) is 0.350. The highest BCUT2D eigenvalue weighted by atomic mass is 35.5. The molecule has 7 nitrogen and oxygen atoms in total. The largest absolute Gasteiger partial charge is 0.396 e. The number of rotatable bonds is 5. The van der Waals surface area contributed by atoms with Crippen molar-refractivity contribution in [2.24, 2.45) is 5.92 Å². The molecule has 0 aliphatic heterocycles. The Morgan fingerprint density at radius 3 is 2.75 bits per heavy atom. The fourth-order valence-electron chi connectivity index (χ4n) is 3.32. The van der Waals surface area contributed by atoms with Gasteiger partial charge in [-0.05, 0) is 37.1 Å². The summed E-state index contributed by atoms with van der Waals surface area (Å²) >= 11 is 6.32. The maximum absolute atomic E-state index is 10.3. The van der Waals surface area contributed by atoms with Gasteiger partial charge in [0.15, 0.2) is 0 Å². The maximum atomic E-state index is 10.3. The van der Waals surface area contributed by atoms with Crippen molar-refractivity contribution < 1.29 is 15.3 Å². The number of hydrogen-bond acceptors (Lipinski definition) is 7. The Labute approximate surface area is 168 Å². The lowest BCUT2D eigenvalue weighted by Gasteiger charge is -2.20. The number of benzene rings is 1. The van der Waals surface area contributed by atoms with E-state index in [9.17, 15) is 15.3 Å². The zero-order valence-electron chi connectivity index (χ0n) is 15.2. The second-order valence-electron chi connectivity index (χ2n) is 6.80. The van der Waals surface area contributed by atoms with Crippen molar-refractivity contribution in [1.29, 1.82) is 5.26 Å². The summed E-state index contributed by atoms with van der Waals surface area (Å²) in [6.45, 7) is 1.50. The minimum absolute atomic E-state index is 0.206. The molecule has 1 aromatic carbocycles. The van der Waals surface area contributed by atoms with E-state index in [2.05, 4.69) is 21.4 Å². The number of aryl methyl sites for hydroxylation is 1. The van der Waals surface area contributed by atoms with Crippen molar-refractivity contribution in [1.82, 2.24) is 9.97 Å². The predicted molar refractivity (Wildman–Crippen MR) is 106 cm³/mol. The van der Waals surface area contributed by atoms with Crippen LogP contribution in [0, 0.1) is 24.2 Å². The monoisotopic (exact) mass is 400 g/mol. The minimum atomic E-state index is -1.03. The standard InChI is InChI=1S/C20H21ClN4O3/c1-11-23-19(21)15(6-5-12-3-2-4-13(7-12)9-22)20(24-11)25-16-8-14(10-26)17(27)18(16)28/h2-7,14,16-18,26-28H,8,10H2,1H3,(H,23,24,25)/b6-5+/t14-,16-,17-,18+/m1/s1. The van der Waals surface area contributed by atoms with Gasteiger partial charge in [0.25, 0.3) is 0 Å². The molecule has 1 aliphatic carbocycles. The number of hydrogen-bond donors (Lipinski definition) is 4. The highest BCUT2D eigenvalue weighted by Gasteiger charge is 2.41. The average Bonchev–Trinajstić information content (AvgIpc) is 2.95. The zero-order chi connectivity index (χ0) is 20.3. The summed E-state index contributed by atoms with van der Waals surface area (Å²) in [5.74, 6) is 0.488. The number of halogens is 1. The lowest BCUT2D eigenvalue weighted by Crippen LogP contribution is -2.35. The van der Waals surface area contributed by atoms with E-state index in [1.165, 1.54) is 0 Å². The molecule has 1 aromatic heterocycles. The number of nitrogens with one attached hydrogen (secondary N) is 1. The summed E-state index contributed by atoms with van der Waals surface area (Å²) in [5, 5.41) is 42.1. The van der Waals surface area contributed by atoms with Gasteiger partial charge in [-0.2, -0.15) is 5.26 Å². The first kappa shape index (κ1) is 20.2. The van der Waals surface area contributed by atoms with Crippen LogP contribution in [0.5, 0.6) is 0 Å². The molecule has 1 fully saturated rings. The summed E-state index contributed by atoms with van der Waals surface area (Å²) in [6.07, 6.45) is 1.89. The molecule has 1 heterocycles. The third-order valence-electron chi connectivity index (χ3n) is 4.83. The third-order valence-corrected chi connectivity index (χ3v) is 5.12. The van der Waals surface area contributed by atoms with Crippen molar-refractivity contribution in [2.75, 3.05) is 11.9 Å². The van der Waals surface area contributed by atoms with E-state index >= 15 is 0 Å². The van der Waals surface area contributed by atoms with E-state index in [1.807, 2.05) is 6.07 Å². The van der Waals surface area contributed by atoms with E-state index in [-0.39, 0.29) is 11.8 Å². The third kappa shape index (κ3) is 4.32. The molecule has 1 aliphatic rings. The average molecular weight is 401 g/mol. The van der Waals surface area contributed by atoms with Gasteiger partial charge in [-0.3, -0.25) is 0 Å². The van der Waals surface area contributed by atoms with Gasteiger partial charge < -0.3 is 20.6 Å². The number of aliphatic hydroxyl groups excluding tert-OH is 3. The predicted octanol–water partition coefficient (Wildman–Crippen LogP) is 2.00. The Bertz CT molecular complexity index is 928. The summed E-state index contributed by atoms with van der Waals surface area (Å²) in [7, 11) is 0. The quantitative estimate of drug-likeness (QED) is 0.566. The highest BCUT2D eigenvalue weighted by Crippen LogP contribution is 2.31. The molecule has 0 bridgehead atoms.